The van der Waals surface area contributed by atoms with Gasteiger partial charge in [-0.1, -0.05) is 23.8 Å². The normalized spacial score (nSPS) is 13.6. The van der Waals surface area contributed by atoms with Crippen molar-refractivity contribution < 1.29 is 4.57 Å². The van der Waals surface area contributed by atoms with Crippen molar-refractivity contribution in [3.8, 4) is 11.3 Å². The van der Waals surface area contributed by atoms with Gasteiger partial charge in [0.1, 0.15) is 7.05 Å². The van der Waals surface area contributed by atoms with E-state index in [1.165, 1.54) is 58.1 Å². The van der Waals surface area contributed by atoms with Gasteiger partial charge in [0.05, 0.1) is 10.9 Å². The van der Waals surface area contributed by atoms with Crippen LogP contribution in [0.1, 0.15) is 34.4 Å². The van der Waals surface area contributed by atoms with Gasteiger partial charge >= 0.3 is 0 Å². The number of aromatic nitrogens is 1. The van der Waals surface area contributed by atoms with Gasteiger partial charge in [0.2, 0.25) is 5.69 Å². The molecule has 0 saturated carbocycles. The minimum atomic E-state index is 1.23. The van der Waals surface area contributed by atoms with Crippen molar-refractivity contribution in [3.05, 3.63) is 64.3 Å². The summed E-state index contributed by atoms with van der Waals surface area (Å²) >= 11 is 0. The van der Waals surface area contributed by atoms with Crippen molar-refractivity contribution in [2.75, 3.05) is 0 Å². The van der Waals surface area contributed by atoms with Crippen molar-refractivity contribution in [2.24, 2.45) is 7.05 Å². The van der Waals surface area contributed by atoms with E-state index in [9.17, 15) is 0 Å². The molecule has 0 unspecified atom stereocenters. The molecule has 1 nitrogen and oxygen atoms in total. The number of fused-ring (bicyclic) bond motifs is 2. The molecule has 1 heteroatoms. The summed E-state index contributed by atoms with van der Waals surface area (Å²) in [5, 5.41) is 2.69. The SMILES string of the molecule is Cc1ccc2cc(C)[n+](C)c(-c3cc4c(cc3C)CCC4)c2c1. The largest absolute Gasteiger partial charge is 0.220 e. The predicted molar refractivity (Wildman–Crippen MR) is 96.8 cm³/mol. The van der Waals surface area contributed by atoms with Crippen LogP contribution in [0.25, 0.3) is 22.0 Å². The topological polar surface area (TPSA) is 3.88 Å². The summed E-state index contributed by atoms with van der Waals surface area (Å²) in [6.45, 7) is 6.64. The lowest BCUT2D eigenvalue weighted by Crippen LogP contribution is -2.35. The molecular formula is C22H24N+. The molecule has 1 heterocycles. The molecule has 116 valence electrons. The molecule has 1 aromatic heterocycles. The molecule has 0 aliphatic heterocycles. The number of pyridine rings is 1. The van der Waals surface area contributed by atoms with E-state index in [2.05, 4.69) is 68.8 Å². The number of benzene rings is 2. The molecule has 0 amide bonds. The highest BCUT2D eigenvalue weighted by Gasteiger charge is 2.22. The van der Waals surface area contributed by atoms with Crippen molar-refractivity contribution >= 4 is 10.8 Å². The Labute approximate surface area is 138 Å². The summed E-state index contributed by atoms with van der Waals surface area (Å²) in [5.74, 6) is 0. The van der Waals surface area contributed by atoms with Crippen LogP contribution < -0.4 is 4.57 Å². The van der Waals surface area contributed by atoms with Crippen molar-refractivity contribution in [1.82, 2.24) is 0 Å². The van der Waals surface area contributed by atoms with Crippen LogP contribution in [-0.2, 0) is 19.9 Å². The zero-order valence-corrected chi connectivity index (χ0v) is 14.5. The van der Waals surface area contributed by atoms with E-state index in [0.717, 1.165) is 0 Å². The quantitative estimate of drug-likeness (QED) is 0.571. The molecule has 0 saturated heterocycles. The minimum absolute atomic E-state index is 1.23. The van der Waals surface area contributed by atoms with E-state index in [0.29, 0.717) is 0 Å². The summed E-state index contributed by atoms with van der Waals surface area (Å²) in [7, 11) is 2.19. The number of rotatable bonds is 1. The van der Waals surface area contributed by atoms with Gasteiger partial charge in [-0.2, -0.15) is 4.57 Å². The number of hydrogen-bond donors (Lipinski definition) is 0. The van der Waals surface area contributed by atoms with Crippen LogP contribution in [0.15, 0.2) is 36.4 Å². The monoisotopic (exact) mass is 302 g/mol. The van der Waals surface area contributed by atoms with Gasteiger partial charge in [0, 0.05) is 13.0 Å². The Morgan fingerprint density at radius 2 is 1.61 bits per heavy atom. The summed E-state index contributed by atoms with van der Waals surface area (Å²) < 4.78 is 2.35. The highest BCUT2D eigenvalue weighted by atomic mass is 14.9. The Balaban J connectivity index is 2.09. The lowest BCUT2D eigenvalue weighted by molar-refractivity contribution is -0.665. The minimum Gasteiger partial charge on any atom is -0.198 e. The van der Waals surface area contributed by atoms with Gasteiger partial charge in [0.15, 0.2) is 5.69 Å². The van der Waals surface area contributed by atoms with E-state index in [4.69, 9.17) is 0 Å². The van der Waals surface area contributed by atoms with Crippen LogP contribution in [-0.4, -0.2) is 0 Å². The van der Waals surface area contributed by atoms with Crippen molar-refractivity contribution in [2.45, 2.75) is 40.0 Å². The van der Waals surface area contributed by atoms with Gasteiger partial charge < -0.3 is 0 Å². The van der Waals surface area contributed by atoms with Crippen molar-refractivity contribution in [1.29, 1.82) is 0 Å². The molecule has 0 atom stereocenters. The molecule has 0 fully saturated rings. The average molecular weight is 302 g/mol. The lowest BCUT2D eigenvalue weighted by Gasteiger charge is -2.12. The first-order chi connectivity index (χ1) is 11.0. The van der Waals surface area contributed by atoms with Crippen LogP contribution in [0.2, 0.25) is 0 Å². The van der Waals surface area contributed by atoms with Crippen LogP contribution in [0.3, 0.4) is 0 Å². The van der Waals surface area contributed by atoms with Gasteiger partial charge in [-0.05, 0) is 67.3 Å². The number of nitrogens with zero attached hydrogens (tertiary/aromatic N) is 1. The first-order valence-corrected chi connectivity index (χ1v) is 8.57. The second-order valence-electron chi connectivity index (χ2n) is 7.07. The molecule has 0 N–H and O–H groups in total. The van der Waals surface area contributed by atoms with Crippen molar-refractivity contribution in [3.63, 3.8) is 0 Å². The highest BCUT2D eigenvalue weighted by Crippen LogP contribution is 2.33. The molecule has 0 spiro atoms. The first-order valence-electron chi connectivity index (χ1n) is 8.57. The fourth-order valence-electron chi connectivity index (χ4n) is 4.01. The fourth-order valence-corrected chi connectivity index (χ4v) is 4.01. The third kappa shape index (κ3) is 2.26. The van der Waals surface area contributed by atoms with E-state index >= 15 is 0 Å². The average Bonchev–Trinajstić information content (AvgIpc) is 2.96. The van der Waals surface area contributed by atoms with E-state index in [1.807, 2.05) is 0 Å². The molecule has 2 aromatic carbocycles. The maximum atomic E-state index is 2.45. The van der Waals surface area contributed by atoms with Gasteiger partial charge in [-0.15, -0.1) is 0 Å². The predicted octanol–water partition coefficient (Wildman–Crippen LogP) is 4.75. The van der Waals surface area contributed by atoms with Gasteiger partial charge in [-0.3, -0.25) is 0 Å². The van der Waals surface area contributed by atoms with E-state index in [1.54, 1.807) is 11.1 Å². The summed E-state index contributed by atoms with van der Waals surface area (Å²) in [4.78, 5) is 0. The second-order valence-corrected chi connectivity index (χ2v) is 7.07. The van der Waals surface area contributed by atoms with Crippen LogP contribution in [0.5, 0.6) is 0 Å². The second kappa shape index (κ2) is 5.19. The Bertz CT molecular complexity index is 935. The third-order valence-electron chi connectivity index (χ3n) is 5.39. The van der Waals surface area contributed by atoms with E-state index < -0.39 is 0 Å². The Kier molecular flexibility index (Phi) is 3.26. The molecule has 1 aliphatic carbocycles. The standard InChI is InChI=1S/C22H24N/c1-14-8-9-19-12-16(3)23(4)22(21(19)10-14)20-13-18-7-5-6-17(18)11-15(20)2/h8-13H,5-7H2,1-4H3/q+1. The number of hydrogen-bond acceptors (Lipinski definition) is 0. The maximum absolute atomic E-state index is 2.45. The van der Waals surface area contributed by atoms with Gasteiger partial charge in [0.25, 0.3) is 0 Å². The Morgan fingerprint density at radius 3 is 2.39 bits per heavy atom. The zero-order chi connectivity index (χ0) is 16.1. The lowest BCUT2D eigenvalue weighted by atomic mass is 9.94. The van der Waals surface area contributed by atoms with Crippen LogP contribution in [0, 0.1) is 20.8 Å². The molecule has 23 heavy (non-hydrogen) atoms. The maximum Gasteiger partial charge on any atom is 0.220 e. The first kappa shape index (κ1) is 14.4. The smallest absolute Gasteiger partial charge is 0.198 e. The molecule has 3 aromatic rings. The molecule has 0 bridgehead atoms. The van der Waals surface area contributed by atoms with Crippen LogP contribution in [0.4, 0.5) is 0 Å². The zero-order valence-electron chi connectivity index (χ0n) is 14.5. The molecule has 4 rings (SSSR count). The molecular weight excluding hydrogens is 278 g/mol. The summed E-state index contributed by atoms with van der Waals surface area (Å²) in [6.07, 6.45) is 3.78. The molecule has 0 radical (unpaired) electrons. The summed E-state index contributed by atoms with van der Waals surface area (Å²) in [6, 6.07) is 14.0. The number of aryl methyl sites for hydroxylation is 5. The van der Waals surface area contributed by atoms with Gasteiger partial charge in [-0.25, -0.2) is 0 Å². The highest BCUT2D eigenvalue weighted by molar-refractivity contribution is 5.94. The van der Waals surface area contributed by atoms with E-state index in [-0.39, 0.29) is 0 Å². The fraction of sp³-hybridized carbons (Fsp3) is 0.318. The Morgan fingerprint density at radius 1 is 0.870 bits per heavy atom. The Hall–Kier alpha value is -2.15. The molecule has 1 aliphatic rings. The summed E-state index contributed by atoms with van der Waals surface area (Å²) in [5.41, 5.74) is 9.88. The van der Waals surface area contributed by atoms with Crippen LogP contribution >= 0.6 is 0 Å². The third-order valence-corrected chi connectivity index (χ3v) is 5.39.